The fourth-order valence-corrected chi connectivity index (χ4v) is 3.45. The fraction of sp³-hybridized carbons (Fsp3) is 0.545. The van der Waals surface area contributed by atoms with Crippen LogP contribution >= 0.6 is 34.2 Å². The minimum atomic E-state index is -3.26. The summed E-state index contributed by atoms with van der Waals surface area (Å²) in [5, 5.41) is 13.8. The molecule has 0 bridgehead atoms. The minimum absolute atomic E-state index is 0.0984. The predicted octanol–water partition coefficient (Wildman–Crippen LogP) is 1.15. The molecule has 1 fully saturated rings. The number of rotatable bonds is 3. The van der Waals surface area contributed by atoms with Crippen LogP contribution in [0.5, 0.6) is 0 Å². The van der Waals surface area contributed by atoms with Gasteiger partial charge in [-0.05, 0) is 35.1 Å². The van der Waals surface area contributed by atoms with Crippen LogP contribution in [-0.4, -0.2) is 54.3 Å². The number of aliphatic hydroxyl groups is 1. The van der Waals surface area contributed by atoms with Crippen LogP contribution in [0.3, 0.4) is 0 Å². The van der Waals surface area contributed by atoms with Gasteiger partial charge in [-0.1, -0.05) is 11.6 Å². The monoisotopic (exact) mass is 431 g/mol. The van der Waals surface area contributed by atoms with E-state index < -0.39 is 16.1 Å². The standard InChI is InChI=1S/C11H15ClIN3O3S/c1-20(18,19)16-3-2-9(10(17)6-16)15-11-4-8(13)7(12)5-14-11/h4-5,9-10,17H,2-3,6H2,1H3,(H,14,15)/t9?,10-/m0/s1. The first-order chi connectivity index (χ1) is 9.27. The van der Waals surface area contributed by atoms with Gasteiger partial charge in [0.25, 0.3) is 0 Å². The first-order valence-electron chi connectivity index (χ1n) is 5.98. The van der Waals surface area contributed by atoms with E-state index in [4.69, 9.17) is 11.6 Å². The molecule has 1 aliphatic heterocycles. The largest absolute Gasteiger partial charge is 0.390 e. The summed E-state index contributed by atoms with van der Waals surface area (Å²) in [7, 11) is -3.26. The lowest BCUT2D eigenvalue weighted by Crippen LogP contribution is -2.51. The number of pyridine rings is 1. The Morgan fingerprint density at radius 2 is 2.30 bits per heavy atom. The van der Waals surface area contributed by atoms with Crippen molar-refractivity contribution in [2.45, 2.75) is 18.6 Å². The highest BCUT2D eigenvalue weighted by Crippen LogP contribution is 2.22. The molecule has 1 aromatic rings. The predicted molar refractivity (Wildman–Crippen MR) is 86.4 cm³/mol. The van der Waals surface area contributed by atoms with E-state index >= 15 is 0 Å². The second kappa shape index (κ2) is 6.30. The maximum atomic E-state index is 11.4. The van der Waals surface area contributed by atoms with Crippen LogP contribution in [0.1, 0.15) is 6.42 Å². The number of hydrogen-bond acceptors (Lipinski definition) is 5. The number of aromatic nitrogens is 1. The van der Waals surface area contributed by atoms with Crippen LogP contribution in [-0.2, 0) is 10.0 Å². The molecule has 2 N–H and O–H groups in total. The van der Waals surface area contributed by atoms with Crippen LogP contribution < -0.4 is 5.32 Å². The Balaban J connectivity index is 2.03. The average Bonchev–Trinajstić information content (AvgIpc) is 2.35. The molecular weight excluding hydrogens is 417 g/mol. The van der Waals surface area contributed by atoms with E-state index in [1.165, 1.54) is 4.31 Å². The van der Waals surface area contributed by atoms with Gasteiger partial charge >= 0.3 is 0 Å². The number of anilines is 1. The molecule has 0 aromatic carbocycles. The molecule has 0 amide bonds. The van der Waals surface area contributed by atoms with Crippen molar-refractivity contribution in [1.82, 2.24) is 9.29 Å². The minimum Gasteiger partial charge on any atom is -0.390 e. The molecule has 6 nitrogen and oxygen atoms in total. The number of aliphatic hydroxyl groups excluding tert-OH is 1. The third-order valence-electron chi connectivity index (χ3n) is 3.16. The van der Waals surface area contributed by atoms with Crippen molar-refractivity contribution < 1.29 is 13.5 Å². The van der Waals surface area contributed by atoms with Gasteiger partial charge in [-0.3, -0.25) is 0 Å². The van der Waals surface area contributed by atoms with E-state index in [1.807, 2.05) is 0 Å². The Hall–Kier alpha value is -0.160. The highest BCUT2D eigenvalue weighted by molar-refractivity contribution is 14.1. The van der Waals surface area contributed by atoms with Crippen LogP contribution in [0, 0.1) is 3.57 Å². The Morgan fingerprint density at radius 1 is 1.60 bits per heavy atom. The number of nitrogens with zero attached hydrogens (tertiary/aromatic N) is 2. The maximum absolute atomic E-state index is 11.4. The lowest BCUT2D eigenvalue weighted by molar-refractivity contribution is 0.0952. The Labute approximate surface area is 136 Å². The summed E-state index contributed by atoms with van der Waals surface area (Å²) in [5.41, 5.74) is 0. The zero-order valence-corrected chi connectivity index (χ0v) is 14.5. The molecule has 0 saturated carbocycles. The Morgan fingerprint density at radius 3 is 2.85 bits per heavy atom. The number of piperidine rings is 1. The third-order valence-corrected chi connectivity index (χ3v) is 5.94. The van der Waals surface area contributed by atoms with Gasteiger partial charge in [-0.2, -0.15) is 4.31 Å². The van der Waals surface area contributed by atoms with Gasteiger partial charge in [0.2, 0.25) is 10.0 Å². The van der Waals surface area contributed by atoms with Gasteiger partial charge in [-0.15, -0.1) is 0 Å². The number of hydrogen-bond donors (Lipinski definition) is 2. The van der Waals surface area contributed by atoms with E-state index in [0.717, 1.165) is 9.83 Å². The summed E-state index contributed by atoms with van der Waals surface area (Å²) >= 11 is 8.00. The highest BCUT2D eigenvalue weighted by atomic mass is 127. The van der Waals surface area contributed by atoms with Crippen molar-refractivity contribution in [3.05, 3.63) is 20.9 Å². The summed E-state index contributed by atoms with van der Waals surface area (Å²) in [6.07, 6.45) is 2.45. The lowest BCUT2D eigenvalue weighted by atomic mass is 10.0. The van der Waals surface area contributed by atoms with Gasteiger partial charge in [0.15, 0.2) is 0 Å². The third kappa shape index (κ3) is 3.94. The van der Waals surface area contributed by atoms with Crippen molar-refractivity contribution in [3.63, 3.8) is 0 Å². The van der Waals surface area contributed by atoms with Crippen molar-refractivity contribution >= 4 is 50.0 Å². The van der Waals surface area contributed by atoms with E-state index in [9.17, 15) is 13.5 Å². The van der Waals surface area contributed by atoms with Crippen LogP contribution in [0.25, 0.3) is 0 Å². The second-order valence-corrected chi connectivity index (χ2v) is 8.26. The summed E-state index contributed by atoms with van der Waals surface area (Å²) < 4.78 is 25.0. The summed E-state index contributed by atoms with van der Waals surface area (Å²) in [6, 6.07) is 1.57. The van der Waals surface area contributed by atoms with Crippen LogP contribution in [0.4, 0.5) is 5.82 Å². The molecular formula is C11H15ClIN3O3S. The van der Waals surface area contributed by atoms with Gasteiger partial charge < -0.3 is 10.4 Å². The van der Waals surface area contributed by atoms with E-state index in [2.05, 4.69) is 32.9 Å². The van der Waals surface area contributed by atoms with Crippen molar-refractivity contribution in [3.8, 4) is 0 Å². The number of β-amino-alcohol motifs (C(OH)–C–C–N with tert-alkyl or cyclic N) is 1. The molecule has 2 atom stereocenters. The van der Waals surface area contributed by atoms with Crippen molar-refractivity contribution in [1.29, 1.82) is 0 Å². The summed E-state index contributed by atoms with van der Waals surface area (Å²) in [4.78, 5) is 4.14. The van der Waals surface area contributed by atoms with Gasteiger partial charge in [0.1, 0.15) is 5.82 Å². The topological polar surface area (TPSA) is 82.5 Å². The second-order valence-electron chi connectivity index (χ2n) is 4.71. The molecule has 9 heteroatoms. The van der Waals surface area contributed by atoms with E-state index in [-0.39, 0.29) is 12.6 Å². The SMILES string of the molecule is CS(=O)(=O)N1CCC(Nc2cc(I)c(Cl)cn2)[C@@H](O)C1. The zero-order chi connectivity index (χ0) is 14.9. The van der Waals surface area contributed by atoms with Crippen LogP contribution in [0.15, 0.2) is 12.3 Å². The number of halogens is 2. The molecule has 1 saturated heterocycles. The van der Waals surface area contributed by atoms with Crippen molar-refractivity contribution in [2.75, 3.05) is 24.7 Å². The molecule has 2 heterocycles. The Kier molecular flexibility index (Phi) is 5.11. The smallest absolute Gasteiger partial charge is 0.211 e. The molecule has 1 aromatic heterocycles. The summed E-state index contributed by atoms with van der Waals surface area (Å²) in [6.45, 7) is 0.486. The molecule has 20 heavy (non-hydrogen) atoms. The van der Waals surface area contributed by atoms with E-state index in [0.29, 0.717) is 23.8 Å². The molecule has 0 spiro atoms. The first kappa shape index (κ1) is 16.2. The fourth-order valence-electron chi connectivity index (χ4n) is 2.06. The number of nitrogens with one attached hydrogen (secondary N) is 1. The first-order valence-corrected chi connectivity index (χ1v) is 9.28. The summed E-state index contributed by atoms with van der Waals surface area (Å²) in [5.74, 6) is 0.621. The number of sulfonamides is 1. The van der Waals surface area contributed by atoms with Gasteiger partial charge in [0.05, 0.1) is 23.4 Å². The average molecular weight is 432 g/mol. The highest BCUT2D eigenvalue weighted by Gasteiger charge is 2.31. The molecule has 0 aliphatic carbocycles. The van der Waals surface area contributed by atoms with Crippen molar-refractivity contribution in [2.24, 2.45) is 0 Å². The van der Waals surface area contributed by atoms with Gasteiger partial charge in [0, 0.05) is 22.9 Å². The van der Waals surface area contributed by atoms with E-state index in [1.54, 1.807) is 12.3 Å². The normalized spacial score (nSPS) is 24.6. The molecule has 112 valence electrons. The molecule has 2 rings (SSSR count). The molecule has 1 unspecified atom stereocenters. The Bertz CT molecular complexity index is 599. The van der Waals surface area contributed by atoms with Gasteiger partial charge in [-0.25, -0.2) is 13.4 Å². The molecule has 0 radical (unpaired) electrons. The molecule has 1 aliphatic rings. The quantitative estimate of drug-likeness (QED) is 0.702. The maximum Gasteiger partial charge on any atom is 0.211 e. The van der Waals surface area contributed by atoms with Crippen LogP contribution in [0.2, 0.25) is 5.02 Å². The zero-order valence-electron chi connectivity index (χ0n) is 10.8. The lowest BCUT2D eigenvalue weighted by Gasteiger charge is -2.35.